The van der Waals surface area contributed by atoms with E-state index in [1.54, 1.807) is 0 Å². The van der Waals surface area contributed by atoms with Gasteiger partial charge in [-0.3, -0.25) is 4.99 Å². The Morgan fingerprint density at radius 1 is 1.11 bits per heavy atom. The number of alkyl halides is 3. The van der Waals surface area contributed by atoms with E-state index in [-0.39, 0.29) is 31.3 Å². The molecule has 0 aromatic carbocycles. The van der Waals surface area contributed by atoms with Crippen molar-refractivity contribution in [3.05, 3.63) is 0 Å². The fraction of sp³-hybridized carbons (Fsp3) is 0.923. The average molecular weight is 438 g/mol. The van der Waals surface area contributed by atoms with Gasteiger partial charge in [0.1, 0.15) is 0 Å². The van der Waals surface area contributed by atoms with Gasteiger partial charge in [0.05, 0.1) is 5.75 Å². The minimum Gasteiger partial charge on any atom is -0.356 e. The molecule has 3 N–H and O–H groups in total. The second-order valence-corrected chi connectivity index (χ2v) is 10.00. The maximum atomic E-state index is 12.6. The van der Waals surface area contributed by atoms with Crippen LogP contribution in [0.2, 0.25) is 0 Å². The highest BCUT2D eigenvalue weighted by Gasteiger charge is 2.50. The third-order valence-electron chi connectivity index (χ3n) is 4.11. The zero-order chi connectivity index (χ0) is 20.7. The third-order valence-corrected chi connectivity index (χ3v) is 7.14. The van der Waals surface area contributed by atoms with Gasteiger partial charge in [-0.1, -0.05) is 0 Å². The fourth-order valence-electron chi connectivity index (χ4n) is 2.45. The van der Waals surface area contributed by atoms with Gasteiger partial charge in [-0.25, -0.2) is 21.6 Å². The van der Waals surface area contributed by atoms with Gasteiger partial charge in [-0.15, -0.1) is 0 Å². The molecule has 0 aromatic heterocycles. The van der Waals surface area contributed by atoms with E-state index in [9.17, 15) is 30.0 Å². The highest BCUT2D eigenvalue weighted by molar-refractivity contribution is 7.90. The van der Waals surface area contributed by atoms with Crippen molar-refractivity contribution in [2.24, 2.45) is 10.9 Å². The first-order valence-electron chi connectivity index (χ1n) is 8.41. The Morgan fingerprint density at radius 2 is 1.70 bits per heavy atom. The summed E-state index contributed by atoms with van der Waals surface area (Å²) < 4.78 is 85.9. The second kappa shape index (κ2) is 9.89. The van der Waals surface area contributed by atoms with Gasteiger partial charge in [0, 0.05) is 39.8 Å². The fourth-order valence-corrected chi connectivity index (χ4v) is 4.05. The summed E-state index contributed by atoms with van der Waals surface area (Å²) in [5.74, 6) is 0.417. The summed E-state index contributed by atoms with van der Waals surface area (Å²) in [6, 6.07) is 0. The minimum absolute atomic E-state index is 0.00169. The Morgan fingerprint density at radius 3 is 2.19 bits per heavy atom. The van der Waals surface area contributed by atoms with Gasteiger partial charge in [-0.05, 0) is 25.7 Å². The van der Waals surface area contributed by atoms with Crippen molar-refractivity contribution in [3.8, 4) is 0 Å². The van der Waals surface area contributed by atoms with Crippen LogP contribution in [-0.2, 0) is 20.0 Å². The lowest BCUT2D eigenvalue weighted by Gasteiger charge is -2.31. The Bertz CT molecular complexity index is 702. The first-order valence-corrected chi connectivity index (χ1v) is 11.5. The molecule has 27 heavy (non-hydrogen) atoms. The number of guanidine groups is 1. The van der Waals surface area contributed by atoms with Crippen molar-refractivity contribution in [1.29, 1.82) is 0 Å². The highest BCUT2D eigenvalue weighted by Crippen LogP contribution is 2.30. The van der Waals surface area contributed by atoms with Crippen molar-refractivity contribution in [1.82, 2.24) is 19.7 Å². The van der Waals surface area contributed by atoms with Crippen LogP contribution in [0.1, 0.15) is 19.8 Å². The molecule has 9 nitrogen and oxygen atoms in total. The zero-order valence-electron chi connectivity index (χ0n) is 15.2. The topological polar surface area (TPSA) is 120 Å². The number of piperidine rings is 1. The average Bonchev–Trinajstić information content (AvgIpc) is 2.60. The van der Waals surface area contributed by atoms with Crippen molar-refractivity contribution >= 4 is 26.0 Å². The predicted molar refractivity (Wildman–Crippen MR) is 96.1 cm³/mol. The van der Waals surface area contributed by atoms with Gasteiger partial charge in [-0.2, -0.15) is 17.5 Å². The smallest absolute Gasteiger partial charge is 0.356 e. The summed E-state index contributed by atoms with van der Waals surface area (Å²) in [6.45, 7) is 2.07. The van der Waals surface area contributed by atoms with E-state index in [2.05, 4.69) is 20.3 Å². The number of sulfonamides is 2. The van der Waals surface area contributed by atoms with Gasteiger partial charge >= 0.3 is 15.5 Å². The van der Waals surface area contributed by atoms with E-state index in [0.717, 1.165) is 0 Å². The molecule has 0 saturated carbocycles. The third kappa shape index (κ3) is 7.43. The molecule has 0 aliphatic carbocycles. The van der Waals surface area contributed by atoms with E-state index >= 15 is 0 Å². The molecule has 1 rings (SSSR count). The number of hydrogen-bond acceptors (Lipinski definition) is 5. The number of nitrogens with one attached hydrogen (secondary N) is 3. The first-order chi connectivity index (χ1) is 12.4. The van der Waals surface area contributed by atoms with E-state index in [4.69, 9.17) is 0 Å². The Balaban J connectivity index is 2.36. The molecule has 14 heteroatoms. The lowest BCUT2D eigenvalue weighted by Crippen LogP contribution is -2.47. The van der Waals surface area contributed by atoms with E-state index in [0.29, 0.717) is 36.2 Å². The van der Waals surface area contributed by atoms with Crippen LogP contribution in [0, 0.1) is 5.92 Å². The normalized spacial score (nSPS) is 18.5. The van der Waals surface area contributed by atoms with Crippen LogP contribution in [0.5, 0.6) is 0 Å². The Hall–Kier alpha value is -1.12. The van der Waals surface area contributed by atoms with Crippen molar-refractivity contribution < 1.29 is 30.0 Å². The summed E-state index contributed by atoms with van der Waals surface area (Å²) in [7, 11) is -7.00. The first kappa shape index (κ1) is 23.9. The quantitative estimate of drug-likeness (QED) is 0.271. The molecular weight excluding hydrogens is 411 g/mol. The van der Waals surface area contributed by atoms with Crippen LogP contribution < -0.4 is 15.4 Å². The molecule has 1 fully saturated rings. The summed E-state index contributed by atoms with van der Waals surface area (Å²) >= 11 is 0. The molecule has 0 amide bonds. The van der Waals surface area contributed by atoms with Crippen LogP contribution in [-0.4, -0.2) is 78.1 Å². The predicted octanol–water partition coefficient (Wildman–Crippen LogP) is -0.348. The molecule has 1 heterocycles. The molecule has 1 aliphatic heterocycles. The zero-order valence-corrected chi connectivity index (χ0v) is 16.8. The summed E-state index contributed by atoms with van der Waals surface area (Å²) in [6.07, 6.45) is 0.602. The highest BCUT2D eigenvalue weighted by atomic mass is 32.2. The molecule has 0 atom stereocenters. The molecule has 0 bridgehead atoms. The summed E-state index contributed by atoms with van der Waals surface area (Å²) in [5, 5.41) is 5.92. The molecule has 0 radical (unpaired) electrons. The second-order valence-electron chi connectivity index (χ2n) is 5.97. The van der Waals surface area contributed by atoms with Crippen LogP contribution in [0.3, 0.4) is 0 Å². The molecule has 1 saturated heterocycles. The largest absolute Gasteiger partial charge is 0.511 e. The summed E-state index contributed by atoms with van der Waals surface area (Å²) in [5.41, 5.74) is -5.27. The van der Waals surface area contributed by atoms with Gasteiger partial charge in [0.25, 0.3) is 0 Å². The Labute approximate surface area is 157 Å². The van der Waals surface area contributed by atoms with Crippen LogP contribution in [0.15, 0.2) is 4.99 Å². The molecule has 0 unspecified atom stereocenters. The lowest BCUT2D eigenvalue weighted by atomic mass is 9.98. The van der Waals surface area contributed by atoms with Crippen LogP contribution in [0.25, 0.3) is 0 Å². The lowest BCUT2D eigenvalue weighted by molar-refractivity contribution is -0.0496. The SMILES string of the molecule is CCS(=O)(=O)NCCNC(=NC)NCC1CCN(S(=O)(=O)C(F)(F)F)CC1. The van der Waals surface area contributed by atoms with Crippen molar-refractivity contribution in [2.75, 3.05) is 45.5 Å². The maximum Gasteiger partial charge on any atom is 0.511 e. The van der Waals surface area contributed by atoms with E-state index < -0.39 is 25.6 Å². The monoisotopic (exact) mass is 437 g/mol. The molecular formula is C13H26F3N5O4S2. The van der Waals surface area contributed by atoms with Crippen LogP contribution in [0.4, 0.5) is 13.2 Å². The number of aliphatic imine (C=N–C) groups is 1. The van der Waals surface area contributed by atoms with Crippen molar-refractivity contribution in [3.63, 3.8) is 0 Å². The van der Waals surface area contributed by atoms with Gasteiger partial charge in [0.2, 0.25) is 10.0 Å². The minimum atomic E-state index is -5.27. The maximum absolute atomic E-state index is 12.6. The van der Waals surface area contributed by atoms with E-state index in [1.165, 1.54) is 14.0 Å². The number of hydrogen-bond donors (Lipinski definition) is 3. The molecule has 1 aliphatic rings. The standard InChI is InChI=1S/C13H26F3N5O4S2/c1-3-26(22,23)20-7-6-18-12(17-2)19-10-11-4-8-21(9-5-11)27(24,25)13(14,15)16/h11,20H,3-10H2,1-2H3,(H2,17,18,19). The van der Waals surface area contributed by atoms with E-state index in [1.807, 2.05) is 0 Å². The summed E-state index contributed by atoms with van der Waals surface area (Å²) in [4.78, 5) is 3.98. The van der Waals surface area contributed by atoms with Gasteiger partial charge < -0.3 is 10.6 Å². The van der Waals surface area contributed by atoms with Gasteiger partial charge in [0.15, 0.2) is 5.96 Å². The number of rotatable bonds is 8. The number of nitrogens with zero attached hydrogens (tertiary/aromatic N) is 2. The Kier molecular flexibility index (Phi) is 8.76. The number of halogens is 3. The van der Waals surface area contributed by atoms with Crippen molar-refractivity contribution in [2.45, 2.75) is 25.3 Å². The molecule has 160 valence electrons. The van der Waals surface area contributed by atoms with Crippen LogP contribution >= 0.6 is 0 Å². The molecule has 0 aromatic rings. The molecule has 0 spiro atoms.